The number of benzene rings is 1. The van der Waals surface area contributed by atoms with Crippen molar-refractivity contribution in [1.82, 2.24) is 4.72 Å². The zero-order valence-electron chi connectivity index (χ0n) is 15.0. The highest BCUT2D eigenvalue weighted by Crippen LogP contribution is 2.30. The molecule has 126 valence electrons. The Hall–Kier alpha value is -1.07. The minimum atomic E-state index is -3.57. The number of ether oxygens (including phenoxy) is 1. The lowest BCUT2D eigenvalue weighted by Gasteiger charge is -2.33. The quantitative estimate of drug-likeness (QED) is 0.895. The molecular formula is C17H29NO3S. The third-order valence-corrected chi connectivity index (χ3v) is 5.42. The zero-order valence-corrected chi connectivity index (χ0v) is 15.8. The fourth-order valence-electron chi connectivity index (χ4n) is 3.06. The van der Waals surface area contributed by atoms with Crippen molar-refractivity contribution >= 4 is 10.0 Å². The molecule has 0 aliphatic heterocycles. The van der Waals surface area contributed by atoms with Gasteiger partial charge in [0, 0.05) is 5.54 Å². The molecule has 0 spiro atoms. The molecule has 1 rings (SSSR count). The average Bonchev–Trinajstić information content (AvgIpc) is 2.27. The van der Waals surface area contributed by atoms with Gasteiger partial charge in [-0.05, 0) is 62.8 Å². The smallest absolute Gasteiger partial charge is 0.241 e. The summed E-state index contributed by atoms with van der Waals surface area (Å²) in [6.45, 7) is 13.8. The van der Waals surface area contributed by atoms with Gasteiger partial charge in [0.15, 0.2) is 0 Å². The third-order valence-electron chi connectivity index (χ3n) is 3.58. The van der Waals surface area contributed by atoms with Gasteiger partial charge in [-0.3, -0.25) is 0 Å². The Balaban J connectivity index is 3.18. The van der Waals surface area contributed by atoms with Crippen LogP contribution in [0.15, 0.2) is 17.0 Å². The Morgan fingerprint density at radius 2 is 1.59 bits per heavy atom. The van der Waals surface area contributed by atoms with Crippen LogP contribution in [-0.4, -0.2) is 21.1 Å². The van der Waals surface area contributed by atoms with Crippen molar-refractivity contribution in [3.05, 3.63) is 23.3 Å². The molecule has 0 radical (unpaired) electrons. The van der Waals surface area contributed by atoms with Gasteiger partial charge in [-0.2, -0.15) is 0 Å². The van der Waals surface area contributed by atoms with E-state index in [1.54, 1.807) is 19.2 Å². The topological polar surface area (TPSA) is 55.4 Å². The van der Waals surface area contributed by atoms with Crippen LogP contribution < -0.4 is 9.46 Å². The van der Waals surface area contributed by atoms with Crippen LogP contribution in [0.1, 0.15) is 52.2 Å². The molecule has 22 heavy (non-hydrogen) atoms. The predicted octanol–water partition coefficient (Wildman–Crippen LogP) is 3.81. The number of nitrogens with one attached hydrogen (secondary N) is 1. The van der Waals surface area contributed by atoms with Crippen LogP contribution in [0.4, 0.5) is 0 Å². The molecule has 0 atom stereocenters. The summed E-state index contributed by atoms with van der Waals surface area (Å²) in [5.74, 6) is 0.699. The summed E-state index contributed by atoms with van der Waals surface area (Å²) in [5, 5.41) is 0. The molecule has 0 aromatic heterocycles. The lowest BCUT2D eigenvalue weighted by molar-refractivity contribution is 0.269. The maximum atomic E-state index is 12.8. The third kappa shape index (κ3) is 4.71. The second-order valence-electron chi connectivity index (χ2n) is 7.74. The lowest BCUT2D eigenvalue weighted by Crippen LogP contribution is -2.45. The molecule has 0 heterocycles. The first-order valence-corrected chi connectivity index (χ1v) is 8.95. The van der Waals surface area contributed by atoms with Gasteiger partial charge >= 0.3 is 0 Å². The van der Waals surface area contributed by atoms with Gasteiger partial charge in [0.05, 0.1) is 12.0 Å². The number of rotatable bonds is 5. The fraction of sp³-hybridized carbons (Fsp3) is 0.647. The summed E-state index contributed by atoms with van der Waals surface area (Å²) >= 11 is 0. The van der Waals surface area contributed by atoms with Crippen molar-refractivity contribution in [2.45, 2.75) is 65.3 Å². The second kappa shape index (κ2) is 6.20. The normalized spacial score (nSPS) is 13.3. The highest BCUT2D eigenvalue weighted by atomic mass is 32.2. The summed E-state index contributed by atoms with van der Waals surface area (Å²) in [6.07, 6.45) is 0.743. The van der Waals surface area contributed by atoms with Crippen molar-refractivity contribution in [1.29, 1.82) is 0 Å². The molecule has 4 nitrogen and oxygen atoms in total. The molecule has 5 heteroatoms. The first kappa shape index (κ1) is 19.0. The molecule has 0 bridgehead atoms. The number of methoxy groups -OCH3 is 1. The van der Waals surface area contributed by atoms with E-state index >= 15 is 0 Å². The molecule has 1 aromatic rings. The Morgan fingerprint density at radius 1 is 1.05 bits per heavy atom. The summed E-state index contributed by atoms with van der Waals surface area (Å²) in [6, 6.07) is 3.31. The molecule has 0 fully saturated rings. The Bertz CT molecular complexity index is 641. The van der Waals surface area contributed by atoms with Gasteiger partial charge in [0.25, 0.3) is 0 Å². The molecule has 0 saturated heterocycles. The summed E-state index contributed by atoms with van der Waals surface area (Å²) in [4.78, 5) is 0.313. The fourth-order valence-corrected chi connectivity index (χ4v) is 4.78. The standard InChI is InChI=1S/C17H29NO3S/c1-12-13(2)15(10-9-14(12)21-8)22(19,20)18-17(6,7)11-16(3,4)5/h9-10,18H,11H2,1-8H3. The Kier molecular flexibility index (Phi) is 5.35. The van der Waals surface area contributed by atoms with Crippen molar-refractivity contribution < 1.29 is 13.2 Å². The van der Waals surface area contributed by atoms with Crippen LogP contribution in [0.25, 0.3) is 0 Å². The van der Waals surface area contributed by atoms with Crippen LogP contribution in [-0.2, 0) is 10.0 Å². The zero-order chi connectivity index (χ0) is 17.3. The second-order valence-corrected chi connectivity index (χ2v) is 9.39. The first-order chi connectivity index (χ1) is 9.79. The number of sulfonamides is 1. The van der Waals surface area contributed by atoms with E-state index < -0.39 is 15.6 Å². The maximum absolute atomic E-state index is 12.8. The van der Waals surface area contributed by atoms with Gasteiger partial charge in [-0.1, -0.05) is 20.8 Å². The van der Waals surface area contributed by atoms with Gasteiger partial charge in [0.1, 0.15) is 5.75 Å². The van der Waals surface area contributed by atoms with E-state index in [4.69, 9.17) is 4.74 Å². The van der Waals surface area contributed by atoms with E-state index in [9.17, 15) is 8.42 Å². The van der Waals surface area contributed by atoms with Crippen LogP contribution in [0.2, 0.25) is 0 Å². The largest absolute Gasteiger partial charge is 0.496 e. The lowest BCUT2D eigenvalue weighted by atomic mass is 9.82. The minimum absolute atomic E-state index is 0.0386. The van der Waals surface area contributed by atoms with Crippen LogP contribution in [0.5, 0.6) is 5.75 Å². The van der Waals surface area contributed by atoms with E-state index in [1.807, 2.05) is 27.7 Å². The predicted molar refractivity (Wildman–Crippen MR) is 90.9 cm³/mol. The van der Waals surface area contributed by atoms with E-state index in [-0.39, 0.29) is 5.41 Å². The summed E-state index contributed by atoms with van der Waals surface area (Å²) in [5.41, 5.74) is 1.09. The van der Waals surface area contributed by atoms with Crippen molar-refractivity contribution in [2.75, 3.05) is 7.11 Å². The van der Waals surface area contributed by atoms with Gasteiger partial charge in [-0.25, -0.2) is 13.1 Å². The molecule has 1 N–H and O–H groups in total. The molecule has 0 unspecified atom stereocenters. The molecule has 1 aromatic carbocycles. The molecule has 0 aliphatic carbocycles. The van der Waals surface area contributed by atoms with Crippen molar-refractivity contribution in [3.63, 3.8) is 0 Å². The van der Waals surface area contributed by atoms with Crippen molar-refractivity contribution in [2.24, 2.45) is 5.41 Å². The van der Waals surface area contributed by atoms with Crippen LogP contribution in [0, 0.1) is 19.3 Å². The molecule has 0 amide bonds. The number of hydrogen-bond donors (Lipinski definition) is 1. The highest BCUT2D eigenvalue weighted by molar-refractivity contribution is 7.89. The molecular weight excluding hydrogens is 298 g/mol. The van der Waals surface area contributed by atoms with Gasteiger partial charge in [-0.15, -0.1) is 0 Å². The average molecular weight is 327 g/mol. The SMILES string of the molecule is COc1ccc(S(=O)(=O)NC(C)(C)CC(C)(C)C)c(C)c1C. The highest BCUT2D eigenvalue weighted by Gasteiger charge is 2.31. The van der Waals surface area contributed by atoms with E-state index in [1.165, 1.54) is 0 Å². The van der Waals surface area contributed by atoms with Gasteiger partial charge < -0.3 is 4.74 Å². The van der Waals surface area contributed by atoms with Crippen LogP contribution >= 0.6 is 0 Å². The Morgan fingerprint density at radius 3 is 2.05 bits per heavy atom. The first-order valence-electron chi connectivity index (χ1n) is 7.47. The summed E-state index contributed by atoms with van der Waals surface area (Å²) < 4.78 is 33.6. The maximum Gasteiger partial charge on any atom is 0.241 e. The van der Waals surface area contributed by atoms with E-state index in [2.05, 4.69) is 25.5 Å². The summed E-state index contributed by atoms with van der Waals surface area (Å²) in [7, 11) is -1.99. The van der Waals surface area contributed by atoms with Crippen molar-refractivity contribution in [3.8, 4) is 5.75 Å². The Labute approximate surface area is 135 Å². The molecule has 0 aliphatic rings. The van der Waals surface area contributed by atoms with E-state index in [0.29, 0.717) is 10.6 Å². The number of hydrogen-bond acceptors (Lipinski definition) is 3. The minimum Gasteiger partial charge on any atom is -0.496 e. The van der Waals surface area contributed by atoms with Gasteiger partial charge in [0.2, 0.25) is 10.0 Å². The molecule has 0 saturated carbocycles. The van der Waals surface area contributed by atoms with Crippen LogP contribution in [0.3, 0.4) is 0 Å². The van der Waals surface area contributed by atoms with E-state index in [0.717, 1.165) is 17.5 Å². The monoisotopic (exact) mass is 327 g/mol.